The number of fused-ring (bicyclic) bond motifs is 1. The molecule has 0 saturated heterocycles. The number of amides is 1. The molecule has 0 bridgehead atoms. The zero-order chi connectivity index (χ0) is 18.7. The Morgan fingerprint density at radius 2 is 2.08 bits per heavy atom. The van der Waals surface area contributed by atoms with Crippen LogP contribution in [0.25, 0.3) is 5.65 Å². The number of carbonyl (C=O) groups excluding carboxylic acids is 1. The number of hydrogen-bond donors (Lipinski definition) is 2. The maximum absolute atomic E-state index is 12.3. The first-order chi connectivity index (χ1) is 12.5. The minimum atomic E-state index is -0.00768. The summed E-state index contributed by atoms with van der Waals surface area (Å²) in [4.78, 5) is 20.8. The van der Waals surface area contributed by atoms with Crippen molar-refractivity contribution < 1.29 is 4.79 Å². The normalized spacial score (nSPS) is 12.2. The lowest BCUT2D eigenvalue weighted by molar-refractivity contribution is -0.121. The van der Waals surface area contributed by atoms with Crippen molar-refractivity contribution in [1.29, 1.82) is 0 Å². The van der Waals surface area contributed by atoms with E-state index in [1.807, 2.05) is 24.4 Å². The summed E-state index contributed by atoms with van der Waals surface area (Å²) in [6.45, 7) is 8.66. The van der Waals surface area contributed by atoms with E-state index in [-0.39, 0.29) is 11.9 Å². The molecule has 2 heterocycles. The topological polar surface area (TPSA) is 71.3 Å². The fourth-order valence-corrected chi connectivity index (χ4v) is 3.23. The highest BCUT2D eigenvalue weighted by Crippen LogP contribution is 2.19. The number of rotatable bonds is 6. The standard InChI is InChI=1S/C20H25N5O/c1-13-5-6-17(14(2)11-13)15(3)24-19(26)7-8-22-20-16(4)23-18-12-21-9-10-25(18)20/h5-6,9-12,15,22H,7-8H2,1-4H3,(H,24,26)/t15-/m1/s1. The second-order valence-electron chi connectivity index (χ2n) is 6.68. The van der Waals surface area contributed by atoms with Gasteiger partial charge in [0.2, 0.25) is 5.91 Å². The maximum Gasteiger partial charge on any atom is 0.222 e. The molecule has 1 atom stereocenters. The number of carbonyl (C=O) groups is 1. The fraction of sp³-hybridized carbons (Fsp3) is 0.350. The Hall–Kier alpha value is -2.89. The van der Waals surface area contributed by atoms with Gasteiger partial charge in [0, 0.05) is 25.4 Å². The molecule has 3 rings (SSSR count). The van der Waals surface area contributed by atoms with Gasteiger partial charge in [-0.05, 0) is 38.8 Å². The molecular formula is C20H25N5O. The van der Waals surface area contributed by atoms with Crippen LogP contribution >= 0.6 is 0 Å². The molecule has 0 spiro atoms. The van der Waals surface area contributed by atoms with Crippen molar-refractivity contribution in [2.24, 2.45) is 0 Å². The van der Waals surface area contributed by atoms with Crippen LogP contribution < -0.4 is 10.6 Å². The van der Waals surface area contributed by atoms with E-state index in [4.69, 9.17) is 0 Å². The van der Waals surface area contributed by atoms with E-state index in [0.717, 1.165) is 22.7 Å². The van der Waals surface area contributed by atoms with Gasteiger partial charge in [-0.3, -0.25) is 14.2 Å². The summed E-state index contributed by atoms with van der Waals surface area (Å²) < 4.78 is 1.94. The van der Waals surface area contributed by atoms with Crippen LogP contribution in [-0.2, 0) is 4.79 Å². The number of anilines is 1. The summed E-state index contributed by atoms with van der Waals surface area (Å²) in [6.07, 6.45) is 5.70. The van der Waals surface area contributed by atoms with Crippen LogP contribution in [0.5, 0.6) is 0 Å². The summed E-state index contributed by atoms with van der Waals surface area (Å²) in [6, 6.07) is 6.30. The SMILES string of the molecule is Cc1ccc([C@@H](C)NC(=O)CCNc2c(C)nc3cnccn23)c(C)c1. The molecule has 2 N–H and O–H groups in total. The third kappa shape index (κ3) is 3.85. The average Bonchev–Trinajstić information content (AvgIpc) is 2.90. The minimum Gasteiger partial charge on any atom is -0.369 e. The molecule has 6 heteroatoms. The molecule has 1 amide bonds. The van der Waals surface area contributed by atoms with E-state index < -0.39 is 0 Å². The molecule has 0 fully saturated rings. The first-order valence-electron chi connectivity index (χ1n) is 8.84. The number of nitrogens with zero attached hydrogens (tertiary/aromatic N) is 3. The molecule has 6 nitrogen and oxygen atoms in total. The number of hydrogen-bond acceptors (Lipinski definition) is 4. The van der Waals surface area contributed by atoms with Gasteiger partial charge >= 0.3 is 0 Å². The molecule has 136 valence electrons. The summed E-state index contributed by atoms with van der Waals surface area (Å²) in [5, 5.41) is 6.39. The second-order valence-corrected chi connectivity index (χ2v) is 6.68. The van der Waals surface area contributed by atoms with E-state index in [2.05, 4.69) is 52.6 Å². The quantitative estimate of drug-likeness (QED) is 0.714. The smallest absolute Gasteiger partial charge is 0.222 e. The van der Waals surface area contributed by atoms with Crippen molar-refractivity contribution in [3.8, 4) is 0 Å². The predicted octanol–water partition coefficient (Wildman–Crippen LogP) is 3.33. The average molecular weight is 351 g/mol. The van der Waals surface area contributed by atoms with Gasteiger partial charge in [-0.25, -0.2) is 4.98 Å². The Bertz CT molecular complexity index is 931. The van der Waals surface area contributed by atoms with Crippen LogP contribution in [0.1, 0.15) is 41.8 Å². The third-order valence-corrected chi connectivity index (χ3v) is 4.52. The van der Waals surface area contributed by atoms with Gasteiger partial charge in [-0.2, -0.15) is 0 Å². The monoisotopic (exact) mass is 351 g/mol. The highest BCUT2D eigenvalue weighted by atomic mass is 16.1. The Morgan fingerprint density at radius 1 is 1.27 bits per heavy atom. The van der Waals surface area contributed by atoms with Crippen LogP contribution in [0.3, 0.4) is 0 Å². The van der Waals surface area contributed by atoms with Crippen LogP contribution in [0, 0.1) is 20.8 Å². The summed E-state index contributed by atoms with van der Waals surface area (Å²) in [5.74, 6) is 0.927. The highest BCUT2D eigenvalue weighted by molar-refractivity contribution is 5.77. The molecule has 0 aliphatic rings. The Labute approximate surface area is 153 Å². The molecule has 0 aliphatic heterocycles. The van der Waals surface area contributed by atoms with Crippen LogP contribution in [0.15, 0.2) is 36.8 Å². The molecule has 0 saturated carbocycles. The third-order valence-electron chi connectivity index (χ3n) is 4.52. The number of aromatic nitrogens is 3. The first-order valence-corrected chi connectivity index (χ1v) is 8.84. The molecule has 0 aliphatic carbocycles. The molecule has 1 aromatic carbocycles. The van der Waals surface area contributed by atoms with E-state index in [0.29, 0.717) is 13.0 Å². The van der Waals surface area contributed by atoms with Gasteiger partial charge < -0.3 is 10.6 Å². The predicted molar refractivity (Wildman–Crippen MR) is 103 cm³/mol. The minimum absolute atomic E-state index is 0.00768. The van der Waals surface area contributed by atoms with E-state index in [9.17, 15) is 4.79 Å². The lowest BCUT2D eigenvalue weighted by atomic mass is 10.0. The Balaban J connectivity index is 1.56. The molecule has 26 heavy (non-hydrogen) atoms. The van der Waals surface area contributed by atoms with Gasteiger partial charge in [0.05, 0.1) is 17.9 Å². The Kier molecular flexibility index (Phi) is 5.21. The van der Waals surface area contributed by atoms with Gasteiger partial charge in [-0.1, -0.05) is 23.8 Å². The van der Waals surface area contributed by atoms with E-state index in [1.54, 1.807) is 12.4 Å². The summed E-state index contributed by atoms with van der Waals surface area (Å²) >= 11 is 0. The van der Waals surface area contributed by atoms with Gasteiger partial charge in [0.1, 0.15) is 5.82 Å². The van der Waals surface area contributed by atoms with Crippen molar-refractivity contribution >= 4 is 17.4 Å². The molecule has 3 aromatic rings. The van der Waals surface area contributed by atoms with Crippen molar-refractivity contribution in [2.75, 3.05) is 11.9 Å². The number of aryl methyl sites for hydroxylation is 3. The van der Waals surface area contributed by atoms with Crippen LogP contribution in [-0.4, -0.2) is 26.8 Å². The highest BCUT2D eigenvalue weighted by Gasteiger charge is 2.13. The fourth-order valence-electron chi connectivity index (χ4n) is 3.23. The molecular weight excluding hydrogens is 326 g/mol. The lowest BCUT2D eigenvalue weighted by Crippen LogP contribution is -2.28. The number of imidazole rings is 1. The van der Waals surface area contributed by atoms with Gasteiger partial charge in [0.15, 0.2) is 5.65 Å². The zero-order valence-corrected chi connectivity index (χ0v) is 15.7. The van der Waals surface area contributed by atoms with Gasteiger partial charge in [-0.15, -0.1) is 0 Å². The van der Waals surface area contributed by atoms with Crippen molar-refractivity contribution in [2.45, 2.75) is 40.2 Å². The van der Waals surface area contributed by atoms with E-state index >= 15 is 0 Å². The maximum atomic E-state index is 12.3. The van der Waals surface area contributed by atoms with Crippen molar-refractivity contribution in [1.82, 2.24) is 19.7 Å². The van der Waals surface area contributed by atoms with Crippen molar-refractivity contribution in [3.63, 3.8) is 0 Å². The second kappa shape index (κ2) is 7.56. The number of nitrogens with one attached hydrogen (secondary N) is 2. The number of benzene rings is 1. The molecule has 0 radical (unpaired) electrons. The lowest BCUT2D eigenvalue weighted by Gasteiger charge is -2.17. The Morgan fingerprint density at radius 3 is 2.85 bits per heavy atom. The van der Waals surface area contributed by atoms with Crippen LogP contribution in [0.2, 0.25) is 0 Å². The van der Waals surface area contributed by atoms with E-state index in [1.165, 1.54) is 11.1 Å². The first kappa shape index (κ1) is 17.9. The summed E-state index contributed by atoms with van der Waals surface area (Å²) in [5.41, 5.74) is 5.27. The van der Waals surface area contributed by atoms with Crippen molar-refractivity contribution in [3.05, 3.63) is 59.2 Å². The zero-order valence-electron chi connectivity index (χ0n) is 15.7. The van der Waals surface area contributed by atoms with Crippen LogP contribution in [0.4, 0.5) is 5.82 Å². The van der Waals surface area contributed by atoms with Gasteiger partial charge in [0.25, 0.3) is 0 Å². The largest absolute Gasteiger partial charge is 0.369 e. The molecule has 0 unspecified atom stereocenters. The summed E-state index contributed by atoms with van der Waals surface area (Å²) in [7, 11) is 0. The molecule has 2 aromatic heterocycles.